The number of carbonyl (C=O) groups excluding carboxylic acids is 1. The van der Waals surface area contributed by atoms with Gasteiger partial charge in [-0.15, -0.1) is 0 Å². The predicted octanol–water partition coefficient (Wildman–Crippen LogP) is 3.02. The second-order valence-electron chi connectivity index (χ2n) is 7.54. The van der Waals surface area contributed by atoms with Crippen molar-refractivity contribution in [2.45, 2.75) is 45.2 Å². The Morgan fingerprint density at radius 3 is 2.97 bits per heavy atom. The van der Waals surface area contributed by atoms with E-state index in [1.165, 1.54) is 22.9 Å². The van der Waals surface area contributed by atoms with Gasteiger partial charge in [-0.25, -0.2) is 14.1 Å². The van der Waals surface area contributed by atoms with E-state index in [1.807, 2.05) is 6.07 Å². The first-order valence-corrected chi connectivity index (χ1v) is 10.0. The molecule has 0 bridgehead atoms. The number of hydrogen-bond acceptors (Lipinski definition) is 5. The Labute approximate surface area is 173 Å². The lowest BCUT2D eigenvalue weighted by Gasteiger charge is -2.33. The van der Waals surface area contributed by atoms with Gasteiger partial charge in [0.25, 0.3) is 5.56 Å². The molecule has 2 aromatic heterocycles. The lowest BCUT2D eigenvalue weighted by Crippen LogP contribution is -2.42. The van der Waals surface area contributed by atoms with Gasteiger partial charge in [-0.2, -0.15) is 5.10 Å². The van der Waals surface area contributed by atoms with E-state index < -0.39 is 0 Å². The van der Waals surface area contributed by atoms with Crippen molar-refractivity contribution in [3.8, 4) is 0 Å². The number of aryl methyl sites for hydroxylation is 1. The molecule has 8 heteroatoms. The number of oxazole rings is 1. The topological polar surface area (TPSA) is 81.2 Å². The Kier molecular flexibility index (Phi) is 5.74. The number of halogens is 1. The molecule has 0 spiro atoms. The highest BCUT2D eigenvalue weighted by molar-refractivity contribution is 5.76. The van der Waals surface area contributed by atoms with E-state index in [-0.39, 0.29) is 29.9 Å². The fraction of sp³-hybridized carbons (Fsp3) is 0.364. The van der Waals surface area contributed by atoms with Gasteiger partial charge in [0, 0.05) is 19.0 Å². The molecule has 3 aromatic rings. The highest BCUT2D eigenvalue weighted by Crippen LogP contribution is 2.31. The van der Waals surface area contributed by atoms with Gasteiger partial charge in [-0.3, -0.25) is 9.59 Å². The Morgan fingerprint density at radius 2 is 2.13 bits per heavy atom. The summed E-state index contributed by atoms with van der Waals surface area (Å²) in [6, 6.07) is 9.10. The summed E-state index contributed by atoms with van der Waals surface area (Å²) in [6.07, 6.45) is 4.63. The number of nitrogens with zero attached hydrogens (tertiary/aromatic N) is 4. The zero-order valence-electron chi connectivity index (χ0n) is 16.8. The normalized spacial score (nSPS) is 16.6. The van der Waals surface area contributed by atoms with E-state index in [1.54, 1.807) is 30.2 Å². The quantitative estimate of drug-likeness (QED) is 0.646. The third-order valence-electron chi connectivity index (χ3n) is 5.23. The second-order valence-corrected chi connectivity index (χ2v) is 7.54. The zero-order chi connectivity index (χ0) is 21.1. The lowest BCUT2D eigenvalue weighted by atomic mass is 10.0. The molecule has 7 nitrogen and oxygen atoms in total. The van der Waals surface area contributed by atoms with E-state index in [0.717, 1.165) is 24.8 Å². The van der Waals surface area contributed by atoms with Crippen LogP contribution in [-0.2, 0) is 17.8 Å². The van der Waals surface area contributed by atoms with E-state index in [9.17, 15) is 14.0 Å². The number of benzene rings is 1. The number of hydrogen-bond donors (Lipinski definition) is 0. The lowest BCUT2D eigenvalue weighted by molar-refractivity contribution is -0.136. The van der Waals surface area contributed by atoms with Gasteiger partial charge in [-0.05, 0) is 49.9 Å². The molecular weight excluding hydrogens is 387 g/mol. The van der Waals surface area contributed by atoms with Crippen molar-refractivity contribution in [1.82, 2.24) is 19.7 Å². The molecular formula is C22H23FN4O3. The third-order valence-corrected chi connectivity index (χ3v) is 5.23. The number of carbonyl (C=O) groups is 1. The smallest absolute Gasteiger partial charge is 0.267 e. The van der Waals surface area contributed by atoms with Crippen molar-refractivity contribution in [3.05, 3.63) is 81.7 Å². The van der Waals surface area contributed by atoms with Crippen LogP contribution in [0.1, 0.15) is 48.2 Å². The highest BCUT2D eigenvalue weighted by atomic mass is 19.1. The van der Waals surface area contributed by atoms with Crippen LogP contribution in [0, 0.1) is 12.7 Å². The van der Waals surface area contributed by atoms with E-state index in [2.05, 4.69) is 10.1 Å². The van der Waals surface area contributed by atoms with Crippen molar-refractivity contribution in [1.29, 1.82) is 0 Å². The maximum Gasteiger partial charge on any atom is 0.267 e. The third kappa shape index (κ3) is 4.48. The minimum atomic E-state index is -0.309. The fourth-order valence-corrected chi connectivity index (χ4v) is 3.78. The van der Waals surface area contributed by atoms with Gasteiger partial charge < -0.3 is 9.32 Å². The van der Waals surface area contributed by atoms with Crippen molar-refractivity contribution in [3.63, 3.8) is 0 Å². The molecule has 156 valence electrons. The van der Waals surface area contributed by atoms with Gasteiger partial charge in [-0.1, -0.05) is 12.1 Å². The summed E-state index contributed by atoms with van der Waals surface area (Å²) in [7, 11) is 0. The van der Waals surface area contributed by atoms with Crippen LogP contribution < -0.4 is 5.56 Å². The van der Waals surface area contributed by atoms with Gasteiger partial charge in [0.1, 0.15) is 24.2 Å². The number of rotatable bonds is 5. The minimum Gasteiger partial charge on any atom is -0.443 e. The van der Waals surface area contributed by atoms with E-state index in [0.29, 0.717) is 30.3 Å². The maximum atomic E-state index is 13.4. The largest absolute Gasteiger partial charge is 0.443 e. The summed E-state index contributed by atoms with van der Waals surface area (Å²) in [5.41, 5.74) is 1.16. The average molecular weight is 410 g/mol. The molecule has 1 amide bonds. The molecule has 0 unspecified atom stereocenters. The number of piperidine rings is 1. The Morgan fingerprint density at radius 1 is 1.27 bits per heavy atom. The second kappa shape index (κ2) is 8.61. The first-order valence-electron chi connectivity index (χ1n) is 10.0. The molecule has 1 saturated heterocycles. The summed E-state index contributed by atoms with van der Waals surface area (Å²) in [5, 5.41) is 4.15. The molecule has 1 aliphatic rings. The molecule has 1 fully saturated rings. The van der Waals surface area contributed by atoms with Crippen LogP contribution in [0.4, 0.5) is 4.39 Å². The van der Waals surface area contributed by atoms with Gasteiger partial charge in [0.2, 0.25) is 11.8 Å². The van der Waals surface area contributed by atoms with Crippen LogP contribution in [0.15, 0.2) is 51.8 Å². The van der Waals surface area contributed by atoms with Crippen LogP contribution >= 0.6 is 0 Å². The molecule has 1 atom stereocenters. The molecule has 1 aromatic carbocycles. The standard InChI is InChI=1S/C22H23FN4O3/c1-15-8-9-20(28)27(25-15)14-21(29)26-10-3-2-7-19(26)22-24-13-18(30-22)12-16-5-4-6-17(23)11-16/h4-6,8-9,11,13,19H,2-3,7,10,12,14H2,1H3/t19-/m0/s1. The van der Waals surface area contributed by atoms with Crippen molar-refractivity contribution in [2.75, 3.05) is 6.54 Å². The fourth-order valence-electron chi connectivity index (χ4n) is 3.78. The molecule has 1 aliphatic heterocycles. The molecule has 0 radical (unpaired) electrons. The summed E-state index contributed by atoms with van der Waals surface area (Å²) >= 11 is 0. The Hall–Kier alpha value is -3.29. The van der Waals surface area contributed by atoms with E-state index >= 15 is 0 Å². The van der Waals surface area contributed by atoms with Crippen LogP contribution in [0.5, 0.6) is 0 Å². The maximum absolute atomic E-state index is 13.4. The van der Waals surface area contributed by atoms with Crippen LogP contribution in [0.2, 0.25) is 0 Å². The minimum absolute atomic E-state index is 0.117. The summed E-state index contributed by atoms with van der Waals surface area (Å²) in [5.74, 6) is 0.602. The van der Waals surface area contributed by atoms with Crippen molar-refractivity contribution in [2.24, 2.45) is 0 Å². The SMILES string of the molecule is Cc1ccc(=O)n(CC(=O)N2CCCC[C@H]2c2ncc(Cc3cccc(F)c3)o2)n1. The van der Waals surface area contributed by atoms with Crippen molar-refractivity contribution >= 4 is 5.91 Å². The van der Waals surface area contributed by atoms with Gasteiger partial charge in [0.05, 0.1) is 11.9 Å². The van der Waals surface area contributed by atoms with Gasteiger partial charge >= 0.3 is 0 Å². The van der Waals surface area contributed by atoms with Crippen LogP contribution in [0.3, 0.4) is 0 Å². The highest BCUT2D eigenvalue weighted by Gasteiger charge is 2.31. The van der Waals surface area contributed by atoms with Crippen molar-refractivity contribution < 1.29 is 13.6 Å². The summed E-state index contributed by atoms with van der Waals surface area (Å²) in [4.78, 5) is 31.1. The molecule has 0 N–H and O–H groups in total. The van der Waals surface area contributed by atoms with Crippen LogP contribution in [0.25, 0.3) is 0 Å². The number of amides is 1. The first kappa shape index (κ1) is 20.0. The van der Waals surface area contributed by atoms with Crippen LogP contribution in [-0.4, -0.2) is 32.1 Å². The average Bonchev–Trinajstić information content (AvgIpc) is 3.19. The molecule has 30 heavy (non-hydrogen) atoms. The summed E-state index contributed by atoms with van der Waals surface area (Å²) < 4.78 is 20.5. The number of likely N-dealkylation sites (tertiary alicyclic amines) is 1. The summed E-state index contributed by atoms with van der Waals surface area (Å²) in [6.45, 7) is 2.23. The van der Waals surface area contributed by atoms with Gasteiger partial charge in [0.15, 0.2) is 0 Å². The molecule has 3 heterocycles. The monoisotopic (exact) mass is 410 g/mol. The Bertz CT molecular complexity index is 1110. The number of aromatic nitrogens is 3. The Balaban J connectivity index is 1.51. The molecule has 0 saturated carbocycles. The van der Waals surface area contributed by atoms with E-state index in [4.69, 9.17) is 4.42 Å². The first-order chi connectivity index (χ1) is 14.5. The molecule has 0 aliphatic carbocycles. The molecule has 4 rings (SSSR count). The zero-order valence-corrected chi connectivity index (χ0v) is 16.8. The predicted molar refractivity (Wildman–Crippen MR) is 107 cm³/mol.